The van der Waals surface area contributed by atoms with Gasteiger partial charge in [-0.3, -0.25) is 4.98 Å². The SMILES string of the molecule is CC(C)(C)c1ccnc(-c2[c-]cccc2)c1.CC(C)c1cc(-c2ccc(-c3ccccc3)cc2)cc(C(C)C)c1-n1c(-c2[c-]ccc3c2oc2ccccc23)nc2ccccc21.[Ir]. The van der Waals surface area contributed by atoms with Crippen LogP contribution >= 0.6 is 0 Å². The molecule has 315 valence electrons. The van der Waals surface area contributed by atoms with E-state index in [0.717, 1.165) is 55.6 Å². The second-order valence-electron chi connectivity index (χ2n) is 17.7. The molecule has 3 aromatic heterocycles. The Morgan fingerprint density at radius 2 is 1.22 bits per heavy atom. The van der Waals surface area contributed by atoms with E-state index in [-0.39, 0.29) is 37.4 Å². The van der Waals surface area contributed by atoms with Crippen molar-refractivity contribution in [3.63, 3.8) is 0 Å². The van der Waals surface area contributed by atoms with Crippen LogP contribution < -0.4 is 0 Å². The van der Waals surface area contributed by atoms with E-state index in [1.807, 2.05) is 48.7 Å². The molecule has 0 aliphatic rings. The van der Waals surface area contributed by atoms with E-state index in [2.05, 4.69) is 191 Å². The summed E-state index contributed by atoms with van der Waals surface area (Å²) >= 11 is 0. The molecule has 3 heterocycles. The fourth-order valence-electron chi connectivity index (χ4n) is 8.34. The second kappa shape index (κ2) is 18.1. The molecule has 0 saturated heterocycles. The third-order valence-electron chi connectivity index (χ3n) is 11.7. The van der Waals surface area contributed by atoms with Gasteiger partial charge >= 0.3 is 0 Å². The van der Waals surface area contributed by atoms with Crippen molar-refractivity contribution in [3.05, 3.63) is 199 Å². The molecule has 5 heteroatoms. The minimum atomic E-state index is 0. The van der Waals surface area contributed by atoms with Gasteiger partial charge < -0.3 is 14.0 Å². The van der Waals surface area contributed by atoms with Crippen molar-refractivity contribution >= 4 is 33.0 Å². The topological polar surface area (TPSA) is 43.9 Å². The van der Waals surface area contributed by atoms with Crippen LogP contribution in [-0.4, -0.2) is 14.5 Å². The number of hydrogen-bond donors (Lipinski definition) is 0. The zero-order valence-corrected chi connectivity index (χ0v) is 39.3. The monoisotopic (exact) mass is 998 g/mol. The fraction of sp³-hybridized carbons (Fsp3) is 0.172. The van der Waals surface area contributed by atoms with Gasteiger partial charge in [0.1, 0.15) is 5.58 Å². The van der Waals surface area contributed by atoms with Crippen molar-refractivity contribution in [3.8, 4) is 50.6 Å². The second-order valence-corrected chi connectivity index (χ2v) is 17.7. The van der Waals surface area contributed by atoms with Crippen LogP contribution in [0.25, 0.3) is 83.6 Å². The van der Waals surface area contributed by atoms with Crippen LogP contribution in [0.5, 0.6) is 0 Å². The summed E-state index contributed by atoms with van der Waals surface area (Å²) in [6, 6.07) is 63.9. The molecule has 0 aliphatic carbocycles. The predicted octanol–water partition coefficient (Wildman–Crippen LogP) is 15.8. The first-order chi connectivity index (χ1) is 30.0. The Morgan fingerprint density at radius 3 is 1.90 bits per heavy atom. The third-order valence-corrected chi connectivity index (χ3v) is 11.7. The van der Waals surface area contributed by atoms with Crippen molar-refractivity contribution in [2.45, 2.75) is 65.7 Å². The zero-order chi connectivity index (χ0) is 43.0. The van der Waals surface area contributed by atoms with Crippen LogP contribution in [-0.2, 0) is 25.5 Å². The largest absolute Gasteiger partial charge is 0.501 e. The molecule has 7 aromatic carbocycles. The average molecular weight is 998 g/mol. The quantitative estimate of drug-likeness (QED) is 0.149. The van der Waals surface area contributed by atoms with E-state index in [1.54, 1.807) is 0 Å². The van der Waals surface area contributed by atoms with E-state index in [0.29, 0.717) is 0 Å². The molecule has 10 aromatic rings. The fourth-order valence-corrected chi connectivity index (χ4v) is 8.34. The first-order valence-electron chi connectivity index (χ1n) is 21.6. The molecule has 0 aliphatic heterocycles. The Morgan fingerprint density at radius 1 is 0.587 bits per heavy atom. The first kappa shape index (κ1) is 43.3. The van der Waals surface area contributed by atoms with E-state index in [9.17, 15) is 0 Å². The maximum absolute atomic E-state index is 6.51. The van der Waals surface area contributed by atoms with E-state index >= 15 is 0 Å². The van der Waals surface area contributed by atoms with Gasteiger partial charge in [-0.05, 0) is 98.3 Å². The molecular formula is C58H51IrN3O-2. The van der Waals surface area contributed by atoms with Crippen LogP contribution in [0.15, 0.2) is 174 Å². The molecule has 0 unspecified atom stereocenters. The Bertz CT molecular complexity index is 3120. The Balaban J connectivity index is 0.000000271. The summed E-state index contributed by atoms with van der Waals surface area (Å²) in [6.07, 6.45) is 1.87. The summed E-state index contributed by atoms with van der Waals surface area (Å²) in [6.45, 7) is 15.8. The molecule has 0 spiro atoms. The summed E-state index contributed by atoms with van der Waals surface area (Å²) < 4.78 is 8.88. The van der Waals surface area contributed by atoms with Crippen molar-refractivity contribution in [1.29, 1.82) is 0 Å². The molecule has 1 radical (unpaired) electrons. The maximum Gasteiger partial charge on any atom is 0.120 e. The maximum atomic E-state index is 6.51. The van der Waals surface area contributed by atoms with Crippen molar-refractivity contribution in [1.82, 2.24) is 14.5 Å². The average Bonchev–Trinajstić information content (AvgIpc) is 3.88. The first-order valence-corrected chi connectivity index (χ1v) is 21.6. The molecule has 0 N–H and O–H groups in total. The van der Waals surface area contributed by atoms with Crippen molar-refractivity contribution in [2.75, 3.05) is 0 Å². The number of pyridine rings is 1. The van der Waals surface area contributed by atoms with E-state index in [4.69, 9.17) is 9.40 Å². The molecule has 0 bridgehead atoms. The molecule has 10 rings (SSSR count). The molecule has 63 heavy (non-hydrogen) atoms. The smallest absolute Gasteiger partial charge is 0.120 e. The standard InChI is InChI=1S/C43H35N2O.C15H16N.Ir/c1-27(2)36-25-32(31-23-21-30(22-24-31)29-13-6-5-7-14-29)26-37(28(3)4)41(36)45-39-19-10-9-18-38(39)44-43(45)35-17-12-16-34-33-15-8-11-20-40(33)46-42(34)35;1-15(2,3)13-9-10-16-14(11-13)12-7-5-4-6-8-12;/h5-16,18-28H,1-4H3;4-7,9-11H,1-3H3;/q2*-1;. The predicted molar refractivity (Wildman–Crippen MR) is 259 cm³/mol. The number of fused-ring (bicyclic) bond motifs is 4. The van der Waals surface area contributed by atoms with Crippen LogP contribution in [0.2, 0.25) is 0 Å². The van der Waals surface area contributed by atoms with Crippen LogP contribution in [0.3, 0.4) is 0 Å². The Hall–Kier alpha value is -6.39. The van der Waals surface area contributed by atoms with E-state index < -0.39 is 0 Å². The minimum Gasteiger partial charge on any atom is -0.501 e. The molecule has 0 saturated carbocycles. The molecule has 0 amide bonds. The summed E-state index contributed by atoms with van der Waals surface area (Å²) in [5, 5.41) is 2.18. The number of imidazole rings is 1. The molecular weight excluding hydrogens is 947 g/mol. The summed E-state index contributed by atoms with van der Waals surface area (Å²) in [5.74, 6) is 1.39. The van der Waals surface area contributed by atoms with Crippen molar-refractivity contribution < 1.29 is 24.5 Å². The van der Waals surface area contributed by atoms with Crippen LogP contribution in [0, 0.1) is 12.1 Å². The zero-order valence-electron chi connectivity index (χ0n) is 36.9. The summed E-state index contributed by atoms with van der Waals surface area (Å²) in [5.41, 5.74) is 16.7. The number of furan rings is 1. The Labute approximate surface area is 385 Å². The molecule has 0 atom stereocenters. The van der Waals surface area contributed by atoms with Gasteiger partial charge in [0, 0.05) is 37.4 Å². The number of benzene rings is 7. The number of aromatic nitrogens is 3. The van der Waals surface area contributed by atoms with Crippen molar-refractivity contribution in [2.24, 2.45) is 0 Å². The van der Waals surface area contributed by atoms with Gasteiger partial charge in [0.2, 0.25) is 0 Å². The summed E-state index contributed by atoms with van der Waals surface area (Å²) in [4.78, 5) is 9.66. The van der Waals surface area contributed by atoms with E-state index in [1.165, 1.54) is 44.6 Å². The molecule has 0 fully saturated rings. The van der Waals surface area contributed by atoms with Gasteiger partial charge in [0.15, 0.2) is 0 Å². The van der Waals surface area contributed by atoms with Gasteiger partial charge in [-0.15, -0.1) is 54.1 Å². The number of para-hydroxylation sites is 3. The van der Waals surface area contributed by atoms with Gasteiger partial charge in [0.05, 0.1) is 22.4 Å². The number of hydrogen-bond acceptors (Lipinski definition) is 3. The van der Waals surface area contributed by atoms with Crippen LogP contribution in [0.1, 0.15) is 77.0 Å². The summed E-state index contributed by atoms with van der Waals surface area (Å²) in [7, 11) is 0. The molecule has 4 nitrogen and oxygen atoms in total. The van der Waals surface area contributed by atoms with Crippen LogP contribution in [0.4, 0.5) is 0 Å². The third kappa shape index (κ3) is 8.69. The minimum absolute atomic E-state index is 0. The number of nitrogens with zero attached hydrogens (tertiary/aromatic N) is 3. The normalized spacial score (nSPS) is 11.6. The van der Waals surface area contributed by atoms with Gasteiger partial charge in [-0.2, -0.15) is 0 Å². The van der Waals surface area contributed by atoms with Gasteiger partial charge in [-0.25, -0.2) is 0 Å². The number of rotatable bonds is 7. The van der Waals surface area contributed by atoms with Gasteiger partial charge in [-0.1, -0.05) is 150 Å². The van der Waals surface area contributed by atoms with Gasteiger partial charge in [0.25, 0.3) is 0 Å². The Kier molecular flexibility index (Phi) is 12.5.